The van der Waals surface area contributed by atoms with Crippen molar-refractivity contribution in [2.45, 2.75) is 49.2 Å². The molecule has 3 atom stereocenters. The summed E-state index contributed by atoms with van der Waals surface area (Å²) in [5.41, 5.74) is 0.596. The number of nitrogens with one attached hydrogen (secondary N) is 1. The lowest BCUT2D eigenvalue weighted by Gasteiger charge is -2.32. The molecule has 40 heavy (non-hydrogen) atoms. The zero-order valence-electron chi connectivity index (χ0n) is 20.7. The lowest BCUT2D eigenvalue weighted by molar-refractivity contribution is -0.137. The van der Waals surface area contributed by atoms with E-state index in [4.69, 9.17) is 4.42 Å². The summed E-state index contributed by atoms with van der Waals surface area (Å²) < 4.78 is 86.2. The Morgan fingerprint density at radius 3 is 2.65 bits per heavy atom. The normalized spacial score (nSPS) is 21.2. The van der Waals surface area contributed by atoms with E-state index in [1.165, 1.54) is 40.8 Å². The molecule has 8 nitrogen and oxygen atoms in total. The number of nitrogens with zero attached hydrogens (tertiary/aromatic N) is 3. The van der Waals surface area contributed by atoms with Crippen LogP contribution in [0.25, 0.3) is 22.2 Å². The molecule has 1 aliphatic carbocycles. The first-order valence-corrected chi connectivity index (χ1v) is 13.9. The molecule has 1 N–H and O–H groups in total. The molecule has 13 heteroatoms. The number of aromatic nitrogens is 2. The molecular formula is C27H22F4N4O4S. The monoisotopic (exact) mass is 574 g/mol. The van der Waals surface area contributed by atoms with Crippen molar-refractivity contribution in [1.82, 2.24) is 19.6 Å². The number of rotatable bonds is 6. The van der Waals surface area contributed by atoms with Gasteiger partial charge in [0, 0.05) is 35.5 Å². The van der Waals surface area contributed by atoms with Crippen molar-refractivity contribution >= 4 is 26.9 Å². The Labute approximate surface area is 226 Å². The maximum absolute atomic E-state index is 13.6. The average Bonchev–Trinajstić information content (AvgIpc) is 3.66. The Bertz CT molecular complexity index is 1710. The number of alkyl halides is 3. The van der Waals surface area contributed by atoms with Crippen molar-refractivity contribution < 1.29 is 35.2 Å². The first-order valence-electron chi connectivity index (χ1n) is 12.5. The van der Waals surface area contributed by atoms with Crippen LogP contribution < -0.4 is 5.32 Å². The molecule has 4 aromatic rings. The first-order chi connectivity index (χ1) is 19.0. The number of hydrogen-bond donors (Lipinski definition) is 1. The summed E-state index contributed by atoms with van der Waals surface area (Å²) in [6, 6.07) is 9.04. The number of hydrogen-bond acceptors (Lipinski definition) is 6. The van der Waals surface area contributed by atoms with Gasteiger partial charge in [0.1, 0.15) is 17.4 Å². The number of carbonyl (C=O) groups excluding carboxylic acids is 1. The second-order valence-corrected chi connectivity index (χ2v) is 11.7. The van der Waals surface area contributed by atoms with Crippen LogP contribution in [0.1, 0.15) is 30.5 Å². The number of fused-ring (bicyclic) bond motifs is 3. The molecule has 1 saturated carbocycles. The Morgan fingerprint density at radius 2 is 1.90 bits per heavy atom. The quantitative estimate of drug-likeness (QED) is 0.329. The molecule has 1 aliphatic heterocycles. The van der Waals surface area contributed by atoms with Crippen LogP contribution in [0.15, 0.2) is 70.4 Å². The van der Waals surface area contributed by atoms with Gasteiger partial charge in [0.05, 0.1) is 23.5 Å². The number of halogens is 4. The Hall–Kier alpha value is -3.84. The number of carbonyl (C=O) groups is 1. The minimum absolute atomic E-state index is 0.0288. The molecule has 1 aromatic carbocycles. The van der Waals surface area contributed by atoms with Gasteiger partial charge in [-0.25, -0.2) is 12.8 Å². The second-order valence-electron chi connectivity index (χ2n) is 9.94. The lowest BCUT2D eigenvalue weighted by atomic mass is 9.99. The van der Waals surface area contributed by atoms with Gasteiger partial charge >= 0.3 is 6.18 Å². The van der Waals surface area contributed by atoms with Crippen molar-refractivity contribution in [3.63, 3.8) is 0 Å². The van der Waals surface area contributed by atoms with Crippen LogP contribution >= 0.6 is 0 Å². The van der Waals surface area contributed by atoms with Crippen molar-refractivity contribution in [3.8, 4) is 11.3 Å². The Kier molecular flexibility index (Phi) is 6.37. The predicted octanol–water partition coefficient (Wildman–Crippen LogP) is 4.91. The molecule has 2 fully saturated rings. The highest BCUT2D eigenvalue weighted by molar-refractivity contribution is 7.89. The average molecular weight is 575 g/mol. The molecule has 4 heterocycles. The highest BCUT2D eigenvalue weighted by Crippen LogP contribution is 2.46. The van der Waals surface area contributed by atoms with E-state index < -0.39 is 39.5 Å². The molecule has 208 valence electrons. The summed E-state index contributed by atoms with van der Waals surface area (Å²) in [7, 11) is -4.20. The maximum Gasteiger partial charge on any atom is 0.417 e. The highest BCUT2D eigenvalue weighted by Gasteiger charge is 2.55. The standard InChI is InChI=1S/C27H22F4N4O4S/c28-19-3-6-23-17(9-19)12-24(39-23)40(37,38)35-21-4-1-16(11-21)25(35)26(36)34-14-20-10-15(7-8-32-20)22-5-2-18(13-33-22)27(29,30)31/h2-3,5-10,12-13,16,21,25H,1,4,11,14H2,(H,34,36)/t16?,21?,25-/m0/s1. The van der Waals surface area contributed by atoms with Crippen LogP contribution in [0.3, 0.4) is 0 Å². The zero-order chi connectivity index (χ0) is 28.2. The van der Waals surface area contributed by atoms with E-state index >= 15 is 0 Å². The molecule has 2 unspecified atom stereocenters. The third kappa shape index (κ3) is 4.73. The van der Waals surface area contributed by atoms with Gasteiger partial charge in [-0.2, -0.15) is 17.5 Å². The predicted molar refractivity (Wildman–Crippen MR) is 134 cm³/mol. The van der Waals surface area contributed by atoms with Crippen LogP contribution in [-0.4, -0.2) is 40.7 Å². The summed E-state index contributed by atoms with van der Waals surface area (Å²) in [4.78, 5) is 21.5. The van der Waals surface area contributed by atoms with Crippen molar-refractivity contribution in [2.24, 2.45) is 5.92 Å². The first kappa shape index (κ1) is 26.4. The number of sulfonamides is 1. The molecule has 2 aliphatic rings. The summed E-state index contributed by atoms with van der Waals surface area (Å²) >= 11 is 0. The largest absolute Gasteiger partial charge is 0.443 e. The van der Waals surface area contributed by atoms with Gasteiger partial charge in [0.25, 0.3) is 10.0 Å². The van der Waals surface area contributed by atoms with Crippen molar-refractivity contribution in [3.05, 3.63) is 78.0 Å². The van der Waals surface area contributed by atoms with Gasteiger partial charge in [-0.15, -0.1) is 0 Å². The SMILES string of the molecule is O=C(NCc1cc(-c2ccc(C(F)(F)F)cn2)ccn1)[C@@H]1C2CCC(C2)N1S(=O)(=O)c1cc2cc(F)ccc2o1. The summed E-state index contributed by atoms with van der Waals surface area (Å²) in [5, 5.41) is 2.72. The fraction of sp³-hybridized carbons (Fsp3) is 0.296. The minimum Gasteiger partial charge on any atom is -0.443 e. The minimum atomic E-state index is -4.50. The van der Waals surface area contributed by atoms with Crippen molar-refractivity contribution in [2.75, 3.05) is 0 Å². The number of furan rings is 1. The molecule has 1 amide bonds. The lowest BCUT2D eigenvalue weighted by Crippen LogP contribution is -2.52. The fourth-order valence-corrected chi connectivity index (χ4v) is 7.42. The van der Waals surface area contributed by atoms with E-state index in [1.807, 2.05) is 0 Å². The van der Waals surface area contributed by atoms with E-state index in [0.717, 1.165) is 12.3 Å². The van der Waals surface area contributed by atoms with E-state index in [0.29, 0.717) is 41.6 Å². The third-order valence-corrected chi connectivity index (χ3v) is 9.22. The van der Waals surface area contributed by atoms with E-state index in [9.17, 15) is 30.8 Å². The van der Waals surface area contributed by atoms with Gasteiger partial charge in [0.15, 0.2) is 0 Å². The van der Waals surface area contributed by atoms with E-state index in [1.54, 1.807) is 12.1 Å². The summed E-state index contributed by atoms with van der Waals surface area (Å²) in [6.07, 6.45) is -0.434. The number of benzene rings is 1. The summed E-state index contributed by atoms with van der Waals surface area (Å²) in [6.45, 7) is -0.0288. The smallest absolute Gasteiger partial charge is 0.417 e. The molecule has 6 rings (SSSR count). The number of amides is 1. The van der Waals surface area contributed by atoms with Crippen molar-refractivity contribution in [1.29, 1.82) is 0 Å². The Morgan fingerprint density at radius 1 is 1.07 bits per heavy atom. The fourth-order valence-electron chi connectivity index (χ4n) is 5.59. The van der Waals surface area contributed by atoms with Crippen LogP contribution in [0.5, 0.6) is 0 Å². The van der Waals surface area contributed by atoms with Gasteiger partial charge < -0.3 is 9.73 Å². The van der Waals surface area contributed by atoms with Crippen LogP contribution in [-0.2, 0) is 27.5 Å². The van der Waals surface area contributed by atoms with Crippen LogP contribution in [0.2, 0.25) is 0 Å². The summed E-state index contributed by atoms with van der Waals surface area (Å²) in [5.74, 6) is -1.18. The topological polar surface area (TPSA) is 105 Å². The number of pyridine rings is 2. The third-order valence-electron chi connectivity index (χ3n) is 7.43. The van der Waals surface area contributed by atoms with Gasteiger partial charge in [-0.3, -0.25) is 14.8 Å². The van der Waals surface area contributed by atoms with Gasteiger partial charge in [-0.05, 0) is 67.6 Å². The van der Waals surface area contributed by atoms with Gasteiger partial charge in [0.2, 0.25) is 11.0 Å². The molecular weight excluding hydrogens is 552 g/mol. The Balaban J connectivity index is 1.20. The van der Waals surface area contributed by atoms with E-state index in [-0.39, 0.29) is 29.2 Å². The van der Waals surface area contributed by atoms with Crippen LogP contribution in [0, 0.1) is 11.7 Å². The molecule has 0 radical (unpaired) electrons. The molecule has 3 aromatic heterocycles. The second kappa shape index (κ2) is 9.66. The molecule has 2 bridgehead atoms. The molecule has 0 spiro atoms. The van der Waals surface area contributed by atoms with Crippen LogP contribution in [0.4, 0.5) is 17.6 Å². The van der Waals surface area contributed by atoms with Gasteiger partial charge in [-0.1, -0.05) is 0 Å². The number of piperidine rings is 1. The zero-order valence-corrected chi connectivity index (χ0v) is 21.5. The highest BCUT2D eigenvalue weighted by atomic mass is 32.2. The van der Waals surface area contributed by atoms with E-state index in [2.05, 4.69) is 15.3 Å². The maximum atomic E-state index is 13.6. The molecule has 1 saturated heterocycles.